The van der Waals surface area contributed by atoms with Gasteiger partial charge in [-0.3, -0.25) is 4.90 Å². The highest BCUT2D eigenvalue weighted by molar-refractivity contribution is 5.16. The van der Waals surface area contributed by atoms with Gasteiger partial charge in [-0.2, -0.15) is 0 Å². The molecule has 1 aliphatic rings. The van der Waals surface area contributed by atoms with Gasteiger partial charge in [0.25, 0.3) is 0 Å². The summed E-state index contributed by atoms with van der Waals surface area (Å²) in [7, 11) is 0. The molecule has 88 valence electrons. The van der Waals surface area contributed by atoms with Gasteiger partial charge in [0.15, 0.2) is 0 Å². The van der Waals surface area contributed by atoms with Crippen molar-refractivity contribution in [2.75, 3.05) is 19.7 Å². The number of likely N-dealkylation sites (tertiary alicyclic amines) is 1. The number of nitrogens with zero attached hydrogens (tertiary/aromatic N) is 1. The standard InChI is InChI=1S/C14H21NO/c1-14(2)10-15(11-14)13(9-16)8-12-6-4-3-5-7-12/h3-7,13,16H,8-11H2,1-2H3/t13-/m0/s1. The average Bonchev–Trinajstić information content (AvgIpc) is 2.24. The molecule has 2 rings (SSSR count). The maximum Gasteiger partial charge on any atom is 0.0590 e. The van der Waals surface area contributed by atoms with Crippen LogP contribution in [0.25, 0.3) is 0 Å². The van der Waals surface area contributed by atoms with Crippen LogP contribution in [0.1, 0.15) is 19.4 Å². The zero-order chi connectivity index (χ0) is 11.6. The molecule has 0 saturated carbocycles. The predicted octanol–water partition coefficient (Wildman–Crippen LogP) is 1.93. The van der Waals surface area contributed by atoms with E-state index in [4.69, 9.17) is 0 Å². The molecule has 1 fully saturated rings. The Balaban J connectivity index is 1.92. The van der Waals surface area contributed by atoms with E-state index in [0.29, 0.717) is 5.41 Å². The van der Waals surface area contributed by atoms with Crippen molar-refractivity contribution >= 4 is 0 Å². The number of rotatable bonds is 4. The third-order valence-electron chi connectivity index (χ3n) is 3.30. The molecule has 1 aromatic carbocycles. The van der Waals surface area contributed by atoms with Gasteiger partial charge in [-0.1, -0.05) is 44.2 Å². The van der Waals surface area contributed by atoms with Crippen LogP contribution in [0.3, 0.4) is 0 Å². The molecular formula is C14H21NO. The lowest BCUT2D eigenvalue weighted by Gasteiger charge is -2.49. The molecule has 0 aromatic heterocycles. The highest BCUT2D eigenvalue weighted by Crippen LogP contribution is 2.31. The van der Waals surface area contributed by atoms with Crippen LogP contribution < -0.4 is 0 Å². The zero-order valence-corrected chi connectivity index (χ0v) is 10.2. The number of hydrogen-bond acceptors (Lipinski definition) is 2. The van der Waals surface area contributed by atoms with E-state index in [1.54, 1.807) is 0 Å². The Hall–Kier alpha value is -0.860. The molecule has 0 amide bonds. The lowest BCUT2D eigenvalue weighted by atomic mass is 9.82. The molecule has 1 saturated heterocycles. The van der Waals surface area contributed by atoms with Gasteiger partial charge in [-0.25, -0.2) is 0 Å². The van der Waals surface area contributed by atoms with Crippen LogP contribution in [0, 0.1) is 5.41 Å². The molecule has 0 spiro atoms. The van der Waals surface area contributed by atoms with Crippen LogP contribution >= 0.6 is 0 Å². The predicted molar refractivity (Wildman–Crippen MR) is 66.4 cm³/mol. The Morgan fingerprint density at radius 2 is 1.88 bits per heavy atom. The fraction of sp³-hybridized carbons (Fsp3) is 0.571. The fourth-order valence-electron chi connectivity index (χ4n) is 2.51. The highest BCUT2D eigenvalue weighted by atomic mass is 16.3. The first-order valence-electron chi connectivity index (χ1n) is 5.99. The zero-order valence-electron chi connectivity index (χ0n) is 10.2. The summed E-state index contributed by atoms with van der Waals surface area (Å²) < 4.78 is 0. The van der Waals surface area contributed by atoms with Gasteiger partial charge in [0, 0.05) is 19.1 Å². The van der Waals surface area contributed by atoms with E-state index >= 15 is 0 Å². The Labute approximate surface area is 97.9 Å². The summed E-state index contributed by atoms with van der Waals surface area (Å²) in [4.78, 5) is 2.38. The van der Waals surface area contributed by atoms with Crippen LogP contribution in [0.2, 0.25) is 0 Å². The van der Waals surface area contributed by atoms with Crippen LogP contribution in [-0.4, -0.2) is 35.7 Å². The minimum absolute atomic E-state index is 0.255. The van der Waals surface area contributed by atoms with Crippen LogP contribution in [0.15, 0.2) is 30.3 Å². The number of aliphatic hydroxyl groups is 1. The van der Waals surface area contributed by atoms with Crippen LogP contribution in [0.5, 0.6) is 0 Å². The molecular weight excluding hydrogens is 198 g/mol. The third-order valence-corrected chi connectivity index (χ3v) is 3.30. The first-order valence-corrected chi connectivity index (χ1v) is 5.99. The van der Waals surface area contributed by atoms with E-state index in [0.717, 1.165) is 19.5 Å². The normalized spacial score (nSPS) is 21.4. The molecule has 16 heavy (non-hydrogen) atoms. The molecule has 0 bridgehead atoms. The van der Waals surface area contributed by atoms with Crippen molar-refractivity contribution in [3.05, 3.63) is 35.9 Å². The lowest BCUT2D eigenvalue weighted by Crippen LogP contribution is -2.58. The molecule has 0 aliphatic carbocycles. The SMILES string of the molecule is CC1(C)CN([C@H](CO)Cc2ccccc2)C1. The van der Waals surface area contributed by atoms with Gasteiger partial charge in [0.05, 0.1) is 6.61 Å². The van der Waals surface area contributed by atoms with Crippen LogP contribution in [-0.2, 0) is 6.42 Å². The fourth-order valence-corrected chi connectivity index (χ4v) is 2.51. The van der Waals surface area contributed by atoms with Crippen molar-refractivity contribution in [1.82, 2.24) is 4.90 Å². The molecule has 0 radical (unpaired) electrons. The van der Waals surface area contributed by atoms with E-state index in [9.17, 15) is 5.11 Å². The lowest BCUT2D eigenvalue weighted by molar-refractivity contribution is -0.0237. The Kier molecular flexibility index (Phi) is 3.31. The molecule has 1 atom stereocenters. The first-order chi connectivity index (χ1) is 7.61. The van der Waals surface area contributed by atoms with Crippen LogP contribution in [0.4, 0.5) is 0 Å². The molecule has 2 heteroatoms. The second kappa shape index (κ2) is 4.56. The van der Waals surface area contributed by atoms with Crippen molar-refractivity contribution in [1.29, 1.82) is 0 Å². The van der Waals surface area contributed by atoms with E-state index in [2.05, 4.69) is 43.0 Å². The summed E-state index contributed by atoms with van der Waals surface area (Å²) in [5, 5.41) is 9.45. The first kappa shape index (κ1) is 11.6. The highest BCUT2D eigenvalue weighted by Gasteiger charge is 2.37. The summed E-state index contributed by atoms with van der Waals surface area (Å²) in [5.74, 6) is 0. The topological polar surface area (TPSA) is 23.5 Å². The second-order valence-electron chi connectivity index (χ2n) is 5.60. The van der Waals surface area contributed by atoms with Crippen molar-refractivity contribution in [3.63, 3.8) is 0 Å². The third kappa shape index (κ3) is 2.63. The molecule has 0 unspecified atom stereocenters. The quantitative estimate of drug-likeness (QED) is 0.836. The molecule has 2 nitrogen and oxygen atoms in total. The Morgan fingerprint density at radius 3 is 2.38 bits per heavy atom. The van der Waals surface area contributed by atoms with Crippen molar-refractivity contribution in [2.45, 2.75) is 26.3 Å². The minimum Gasteiger partial charge on any atom is -0.395 e. The summed E-state index contributed by atoms with van der Waals surface area (Å²) in [5.41, 5.74) is 1.75. The van der Waals surface area contributed by atoms with Crippen molar-refractivity contribution in [3.8, 4) is 0 Å². The maximum absolute atomic E-state index is 9.45. The minimum atomic E-state index is 0.255. The summed E-state index contributed by atoms with van der Waals surface area (Å²) in [6.45, 7) is 7.02. The maximum atomic E-state index is 9.45. The van der Waals surface area contributed by atoms with Gasteiger partial charge >= 0.3 is 0 Å². The number of hydrogen-bond donors (Lipinski definition) is 1. The molecule has 1 N–H and O–H groups in total. The largest absolute Gasteiger partial charge is 0.395 e. The Bertz CT molecular complexity index is 326. The van der Waals surface area contributed by atoms with E-state index in [1.165, 1.54) is 5.56 Å². The van der Waals surface area contributed by atoms with Crippen molar-refractivity contribution < 1.29 is 5.11 Å². The van der Waals surface area contributed by atoms with Gasteiger partial charge in [0.2, 0.25) is 0 Å². The van der Waals surface area contributed by atoms with E-state index in [-0.39, 0.29) is 12.6 Å². The summed E-state index contributed by atoms with van der Waals surface area (Å²) in [6, 6.07) is 10.7. The van der Waals surface area contributed by atoms with Gasteiger partial charge in [-0.15, -0.1) is 0 Å². The Morgan fingerprint density at radius 1 is 1.25 bits per heavy atom. The van der Waals surface area contributed by atoms with E-state index < -0.39 is 0 Å². The van der Waals surface area contributed by atoms with Gasteiger partial charge in [0.1, 0.15) is 0 Å². The van der Waals surface area contributed by atoms with E-state index in [1.807, 2.05) is 6.07 Å². The molecule has 1 heterocycles. The van der Waals surface area contributed by atoms with Gasteiger partial charge in [-0.05, 0) is 17.4 Å². The van der Waals surface area contributed by atoms with Crippen molar-refractivity contribution in [2.24, 2.45) is 5.41 Å². The summed E-state index contributed by atoms with van der Waals surface area (Å²) in [6.07, 6.45) is 0.952. The number of benzene rings is 1. The summed E-state index contributed by atoms with van der Waals surface area (Å²) >= 11 is 0. The molecule has 1 aliphatic heterocycles. The smallest absolute Gasteiger partial charge is 0.0590 e. The average molecular weight is 219 g/mol. The molecule has 1 aromatic rings. The van der Waals surface area contributed by atoms with Gasteiger partial charge < -0.3 is 5.11 Å². The monoisotopic (exact) mass is 219 g/mol. The second-order valence-corrected chi connectivity index (χ2v) is 5.60. The number of aliphatic hydroxyl groups excluding tert-OH is 1.